The Hall–Kier alpha value is -2.12. The molecule has 2 rings (SSSR count). The Labute approximate surface area is 147 Å². The number of esters is 1. The number of carbonyl (C=O) groups excluding carboxylic acids is 4. The van der Waals surface area contributed by atoms with Gasteiger partial charge in [0.25, 0.3) is 5.91 Å². The van der Waals surface area contributed by atoms with Crippen molar-refractivity contribution in [2.24, 2.45) is 5.92 Å². The second-order valence-electron chi connectivity index (χ2n) is 7.14. The van der Waals surface area contributed by atoms with E-state index in [2.05, 4.69) is 10.6 Å². The van der Waals surface area contributed by atoms with Crippen LogP contribution in [0.2, 0.25) is 0 Å². The smallest absolute Gasteiger partial charge is 0.325 e. The minimum atomic E-state index is -0.884. The average Bonchev–Trinajstić information content (AvgIpc) is 3.05. The summed E-state index contributed by atoms with van der Waals surface area (Å²) < 4.78 is 5.01. The number of amides is 4. The molecule has 2 fully saturated rings. The van der Waals surface area contributed by atoms with Gasteiger partial charge in [0.05, 0.1) is 12.5 Å². The van der Waals surface area contributed by atoms with Crippen LogP contribution in [-0.4, -0.2) is 53.4 Å². The molecule has 0 bridgehead atoms. The summed E-state index contributed by atoms with van der Waals surface area (Å²) in [6.07, 6.45) is 2.73. The monoisotopic (exact) mass is 353 g/mol. The summed E-state index contributed by atoms with van der Waals surface area (Å²) in [5.41, 5.74) is -0.884. The van der Waals surface area contributed by atoms with Crippen molar-refractivity contribution in [1.29, 1.82) is 0 Å². The Morgan fingerprint density at radius 3 is 2.64 bits per heavy atom. The molecule has 8 heteroatoms. The minimum Gasteiger partial charge on any atom is -0.466 e. The van der Waals surface area contributed by atoms with Crippen molar-refractivity contribution >= 4 is 23.8 Å². The highest BCUT2D eigenvalue weighted by Crippen LogP contribution is 2.26. The second kappa shape index (κ2) is 7.84. The van der Waals surface area contributed by atoms with Gasteiger partial charge in [-0.05, 0) is 46.5 Å². The molecule has 2 atom stereocenters. The first kappa shape index (κ1) is 19.2. The molecular formula is C17H27N3O5. The van der Waals surface area contributed by atoms with Crippen LogP contribution in [-0.2, 0) is 19.1 Å². The van der Waals surface area contributed by atoms with Crippen LogP contribution in [0, 0.1) is 5.92 Å². The Kier molecular flexibility index (Phi) is 6.02. The van der Waals surface area contributed by atoms with E-state index in [4.69, 9.17) is 4.74 Å². The average molecular weight is 353 g/mol. The lowest BCUT2D eigenvalue weighted by Crippen LogP contribution is -2.40. The van der Waals surface area contributed by atoms with Crippen molar-refractivity contribution in [3.63, 3.8) is 0 Å². The molecule has 1 heterocycles. The zero-order chi connectivity index (χ0) is 18.6. The minimum absolute atomic E-state index is 0.0162. The lowest BCUT2D eigenvalue weighted by Gasteiger charge is -2.16. The van der Waals surface area contributed by atoms with Gasteiger partial charge < -0.3 is 15.4 Å². The Morgan fingerprint density at radius 1 is 1.32 bits per heavy atom. The molecule has 0 aromatic carbocycles. The zero-order valence-corrected chi connectivity index (χ0v) is 15.1. The maximum absolute atomic E-state index is 12.0. The van der Waals surface area contributed by atoms with Crippen molar-refractivity contribution < 1.29 is 23.9 Å². The normalized spacial score (nSPS) is 25.0. The highest BCUT2D eigenvalue weighted by Gasteiger charge is 2.43. The molecule has 140 valence electrons. The van der Waals surface area contributed by atoms with E-state index in [0.29, 0.717) is 19.4 Å². The van der Waals surface area contributed by atoms with Crippen molar-refractivity contribution in [3.05, 3.63) is 0 Å². The first-order valence-electron chi connectivity index (χ1n) is 8.84. The number of imide groups is 1. The first-order chi connectivity index (χ1) is 11.7. The van der Waals surface area contributed by atoms with Crippen LogP contribution in [0.15, 0.2) is 0 Å². The summed E-state index contributed by atoms with van der Waals surface area (Å²) in [5.74, 6) is -0.731. The molecule has 2 aliphatic rings. The Bertz CT molecular complexity index is 560. The molecule has 0 spiro atoms. The van der Waals surface area contributed by atoms with Gasteiger partial charge in [0.1, 0.15) is 5.54 Å². The molecule has 1 saturated heterocycles. The molecule has 0 aromatic heterocycles. The van der Waals surface area contributed by atoms with E-state index in [-0.39, 0.29) is 42.7 Å². The maximum Gasteiger partial charge on any atom is 0.325 e. The van der Waals surface area contributed by atoms with Crippen LogP contribution < -0.4 is 10.6 Å². The topological polar surface area (TPSA) is 105 Å². The van der Waals surface area contributed by atoms with Crippen LogP contribution in [0.25, 0.3) is 0 Å². The van der Waals surface area contributed by atoms with Gasteiger partial charge in [0.15, 0.2) is 0 Å². The molecule has 0 unspecified atom stereocenters. The SMILES string of the molecule is CCOC(=O)[C@H]1CC[C@H](NC(=O)CCCN2C(=O)NC(C)(C)C2=O)C1. The van der Waals surface area contributed by atoms with Crippen LogP contribution in [0.5, 0.6) is 0 Å². The van der Waals surface area contributed by atoms with Gasteiger partial charge in [0.2, 0.25) is 5.91 Å². The molecule has 0 radical (unpaired) electrons. The van der Waals surface area contributed by atoms with Crippen molar-refractivity contribution in [2.75, 3.05) is 13.2 Å². The third kappa shape index (κ3) is 4.70. The molecule has 1 saturated carbocycles. The van der Waals surface area contributed by atoms with Crippen LogP contribution in [0.1, 0.15) is 52.9 Å². The van der Waals surface area contributed by atoms with Crippen LogP contribution in [0.4, 0.5) is 4.79 Å². The van der Waals surface area contributed by atoms with Crippen molar-refractivity contribution in [3.8, 4) is 0 Å². The lowest BCUT2D eigenvalue weighted by atomic mass is 10.1. The Morgan fingerprint density at radius 2 is 2.04 bits per heavy atom. The van der Waals surface area contributed by atoms with Gasteiger partial charge in [-0.3, -0.25) is 19.3 Å². The standard InChI is InChI=1S/C17H27N3O5/c1-4-25-14(22)11-7-8-12(10-11)18-13(21)6-5-9-20-15(23)17(2,3)19-16(20)24/h11-12H,4-10H2,1-3H3,(H,18,21)(H,19,24)/t11-,12-/m0/s1. The van der Waals surface area contributed by atoms with Crippen LogP contribution >= 0.6 is 0 Å². The molecule has 2 N–H and O–H groups in total. The van der Waals surface area contributed by atoms with E-state index < -0.39 is 11.6 Å². The summed E-state index contributed by atoms with van der Waals surface area (Å²) in [6, 6.07) is -0.430. The van der Waals surface area contributed by atoms with E-state index >= 15 is 0 Å². The fraction of sp³-hybridized carbons (Fsp3) is 0.765. The number of nitrogens with zero attached hydrogens (tertiary/aromatic N) is 1. The number of nitrogens with one attached hydrogen (secondary N) is 2. The number of ether oxygens (including phenoxy) is 1. The number of rotatable bonds is 7. The number of carbonyl (C=O) groups is 4. The molecule has 25 heavy (non-hydrogen) atoms. The third-order valence-electron chi connectivity index (χ3n) is 4.65. The number of urea groups is 1. The molecule has 0 aromatic rings. The predicted molar refractivity (Wildman–Crippen MR) is 89.5 cm³/mol. The highest BCUT2D eigenvalue weighted by molar-refractivity contribution is 6.06. The summed E-state index contributed by atoms with van der Waals surface area (Å²) in [4.78, 5) is 48.7. The van der Waals surface area contributed by atoms with Crippen molar-refractivity contribution in [1.82, 2.24) is 15.5 Å². The van der Waals surface area contributed by atoms with Gasteiger partial charge >= 0.3 is 12.0 Å². The third-order valence-corrected chi connectivity index (χ3v) is 4.65. The van der Waals surface area contributed by atoms with Gasteiger partial charge in [-0.15, -0.1) is 0 Å². The van der Waals surface area contributed by atoms with Gasteiger partial charge in [-0.25, -0.2) is 4.79 Å². The van der Waals surface area contributed by atoms with E-state index in [1.807, 2.05) is 0 Å². The fourth-order valence-corrected chi connectivity index (χ4v) is 3.31. The van der Waals surface area contributed by atoms with Gasteiger partial charge in [-0.2, -0.15) is 0 Å². The summed E-state index contributed by atoms with van der Waals surface area (Å²) in [6.45, 7) is 5.67. The molecule has 8 nitrogen and oxygen atoms in total. The predicted octanol–water partition coefficient (Wildman–Crippen LogP) is 0.945. The Balaban J connectivity index is 1.69. The highest BCUT2D eigenvalue weighted by atomic mass is 16.5. The maximum atomic E-state index is 12.0. The largest absolute Gasteiger partial charge is 0.466 e. The summed E-state index contributed by atoms with van der Waals surface area (Å²) >= 11 is 0. The number of hydrogen-bond donors (Lipinski definition) is 2. The zero-order valence-electron chi connectivity index (χ0n) is 15.1. The van der Waals surface area contributed by atoms with E-state index in [9.17, 15) is 19.2 Å². The van der Waals surface area contributed by atoms with Gasteiger partial charge in [0, 0.05) is 19.0 Å². The molecule has 4 amide bonds. The first-order valence-corrected chi connectivity index (χ1v) is 8.84. The molecular weight excluding hydrogens is 326 g/mol. The van der Waals surface area contributed by atoms with Crippen LogP contribution in [0.3, 0.4) is 0 Å². The van der Waals surface area contributed by atoms with E-state index in [1.54, 1.807) is 20.8 Å². The molecule has 1 aliphatic carbocycles. The van der Waals surface area contributed by atoms with Crippen molar-refractivity contribution in [2.45, 2.75) is 64.5 Å². The van der Waals surface area contributed by atoms with E-state index in [1.165, 1.54) is 0 Å². The fourth-order valence-electron chi connectivity index (χ4n) is 3.31. The quantitative estimate of drug-likeness (QED) is 0.524. The summed E-state index contributed by atoms with van der Waals surface area (Å²) in [7, 11) is 0. The number of hydrogen-bond acceptors (Lipinski definition) is 5. The lowest BCUT2D eigenvalue weighted by molar-refractivity contribution is -0.147. The molecule has 1 aliphatic heterocycles. The summed E-state index contributed by atoms with van der Waals surface area (Å²) in [5, 5.41) is 5.53. The van der Waals surface area contributed by atoms with Gasteiger partial charge in [-0.1, -0.05) is 0 Å². The van der Waals surface area contributed by atoms with E-state index in [0.717, 1.165) is 17.7 Å². The second-order valence-corrected chi connectivity index (χ2v) is 7.14.